The third kappa shape index (κ3) is 5.03. The summed E-state index contributed by atoms with van der Waals surface area (Å²) in [6.45, 7) is 1.28. The van der Waals surface area contributed by atoms with E-state index in [1.165, 1.54) is 0 Å². The topological polar surface area (TPSA) is 105 Å². The van der Waals surface area contributed by atoms with Gasteiger partial charge in [-0.15, -0.1) is 0 Å². The van der Waals surface area contributed by atoms with Crippen LogP contribution in [-0.4, -0.2) is 44.7 Å². The van der Waals surface area contributed by atoms with Crippen LogP contribution in [0.5, 0.6) is 0 Å². The molecule has 0 spiro atoms. The number of anilines is 1. The molecular weight excluding hydrogens is 442 g/mol. The molecule has 2 aromatic heterocycles. The van der Waals surface area contributed by atoms with Gasteiger partial charge in [0.25, 0.3) is 5.91 Å². The quantitative estimate of drug-likeness (QED) is 0.437. The lowest BCUT2D eigenvalue weighted by molar-refractivity contribution is -0.126. The number of para-hydroxylation sites is 1. The molecule has 5 rings (SSSR count). The summed E-state index contributed by atoms with van der Waals surface area (Å²) in [5.41, 5.74) is 7.73. The fraction of sp³-hybridized carbons (Fsp3) is 0.192. The number of piperidine rings is 1. The van der Waals surface area contributed by atoms with Crippen LogP contribution in [0.3, 0.4) is 0 Å². The Labute approximate surface area is 202 Å². The van der Waals surface area contributed by atoms with Gasteiger partial charge < -0.3 is 4.90 Å². The molecule has 176 valence electrons. The molecular formula is C26H25N7O2. The van der Waals surface area contributed by atoms with Gasteiger partial charge >= 0.3 is 0 Å². The molecule has 1 unspecified atom stereocenters. The third-order valence-electron chi connectivity index (χ3n) is 5.95. The lowest BCUT2D eigenvalue weighted by Gasteiger charge is -2.31. The Morgan fingerprint density at radius 1 is 0.886 bits per heavy atom. The van der Waals surface area contributed by atoms with E-state index in [0.29, 0.717) is 23.8 Å². The second kappa shape index (κ2) is 10.2. The number of hydrogen-bond donors (Lipinski definition) is 2. The van der Waals surface area contributed by atoms with Crippen molar-refractivity contribution in [1.82, 2.24) is 30.6 Å². The van der Waals surface area contributed by atoms with Crippen molar-refractivity contribution in [3.05, 3.63) is 90.9 Å². The van der Waals surface area contributed by atoms with Crippen molar-refractivity contribution in [1.29, 1.82) is 0 Å². The zero-order valence-corrected chi connectivity index (χ0v) is 19.0. The molecule has 0 saturated carbocycles. The van der Waals surface area contributed by atoms with Crippen molar-refractivity contribution < 1.29 is 9.59 Å². The Morgan fingerprint density at radius 2 is 1.60 bits per heavy atom. The van der Waals surface area contributed by atoms with Gasteiger partial charge in [0.05, 0.1) is 17.2 Å². The molecule has 2 amide bonds. The predicted molar refractivity (Wildman–Crippen MR) is 132 cm³/mol. The minimum Gasteiger partial charge on any atom is -0.340 e. The van der Waals surface area contributed by atoms with E-state index in [1.807, 2.05) is 65.6 Å². The van der Waals surface area contributed by atoms with E-state index in [2.05, 4.69) is 25.9 Å². The van der Waals surface area contributed by atoms with Crippen molar-refractivity contribution in [3.63, 3.8) is 0 Å². The largest absolute Gasteiger partial charge is 0.340 e. The van der Waals surface area contributed by atoms with E-state index in [4.69, 9.17) is 0 Å². The molecule has 3 heterocycles. The SMILES string of the molecule is O=C(NNC(=O)C1CCCN(c2ncccn2)C1)c1cn(-c2ccccc2)nc1-c1ccccc1. The summed E-state index contributed by atoms with van der Waals surface area (Å²) in [7, 11) is 0. The lowest BCUT2D eigenvalue weighted by Crippen LogP contribution is -2.49. The molecule has 1 saturated heterocycles. The highest BCUT2D eigenvalue weighted by Crippen LogP contribution is 2.24. The van der Waals surface area contributed by atoms with E-state index in [0.717, 1.165) is 30.6 Å². The Kier molecular flexibility index (Phi) is 6.47. The van der Waals surface area contributed by atoms with Crippen LogP contribution in [0.15, 0.2) is 85.3 Å². The number of hydrogen-bond acceptors (Lipinski definition) is 6. The maximum atomic E-state index is 13.1. The van der Waals surface area contributed by atoms with Gasteiger partial charge in [0, 0.05) is 37.2 Å². The first-order chi connectivity index (χ1) is 17.2. The van der Waals surface area contributed by atoms with E-state index in [9.17, 15) is 9.59 Å². The summed E-state index contributed by atoms with van der Waals surface area (Å²) in [6, 6.07) is 20.8. The summed E-state index contributed by atoms with van der Waals surface area (Å²) >= 11 is 0. The van der Waals surface area contributed by atoms with Crippen molar-refractivity contribution in [2.24, 2.45) is 5.92 Å². The molecule has 9 nitrogen and oxygen atoms in total. The van der Waals surface area contributed by atoms with Crippen LogP contribution in [0.1, 0.15) is 23.2 Å². The average molecular weight is 468 g/mol. The summed E-state index contributed by atoms with van der Waals surface area (Å²) in [5, 5.41) is 4.65. The van der Waals surface area contributed by atoms with Gasteiger partial charge in [-0.25, -0.2) is 14.6 Å². The standard InChI is InChI=1S/C26H25N7O2/c34-24(20-11-7-16-32(17-20)26-27-14-8-15-28-26)29-30-25(35)22-18-33(21-12-5-2-6-13-21)31-23(22)19-9-3-1-4-10-19/h1-6,8-10,12-15,18,20H,7,11,16-17H2,(H,29,34)(H,30,35). The molecule has 1 atom stereocenters. The molecule has 0 bridgehead atoms. The molecule has 4 aromatic rings. The molecule has 1 aliphatic rings. The Balaban J connectivity index is 1.30. The first kappa shape index (κ1) is 22.3. The highest BCUT2D eigenvalue weighted by molar-refractivity contribution is 6.00. The van der Waals surface area contributed by atoms with Gasteiger partial charge in [0.2, 0.25) is 11.9 Å². The van der Waals surface area contributed by atoms with Crippen molar-refractivity contribution >= 4 is 17.8 Å². The lowest BCUT2D eigenvalue weighted by atomic mass is 9.98. The summed E-state index contributed by atoms with van der Waals surface area (Å²) in [5.74, 6) is -0.350. The average Bonchev–Trinajstić information content (AvgIpc) is 3.39. The third-order valence-corrected chi connectivity index (χ3v) is 5.95. The van der Waals surface area contributed by atoms with Crippen molar-refractivity contribution in [2.45, 2.75) is 12.8 Å². The number of rotatable bonds is 5. The zero-order chi connectivity index (χ0) is 24.0. The summed E-state index contributed by atoms with van der Waals surface area (Å²) in [4.78, 5) is 36.6. The van der Waals surface area contributed by atoms with Crippen LogP contribution < -0.4 is 15.8 Å². The fourth-order valence-corrected chi connectivity index (χ4v) is 4.18. The van der Waals surface area contributed by atoms with Crippen LogP contribution >= 0.6 is 0 Å². The number of carbonyl (C=O) groups is 2. The number of nitrogens with one attached hydrogen (secondary N) is 2. The van der Waals surface area contributed by atoms with Crippen LogP contribution in [0.25, 0.3) is 16.9 Å². The monoisotopic (exact) mass is 467 g/mol. The van der Waals surface area contributed by atoms with Crippen LogP contribution in [0, 0.1) is 5.92 Å². The highest BCUT2D eigenvalue weighted by atomic mass is 16.2. The maximum absolute atomic E-state index is 13.1. The number of benzene rings is 2. The normalized spacial score (nSPS) is 15.4. The van der Waals surface area contributed by atoms with Crippen LogP contribution in [0.2, 0.25) is 0 Å². The van der Waals surface area contributed by atoms with E-state index >= 15 is 0 Å². The van der Waals surface area contributed by atoms with Gasteiger partial charge in [0.15, 0.2) is 0 Å². The molecule has 1 aliphatic heterocycles. The second-order valence-corrected chi connectivity index (χ2v) is 8.31. The number of carbonyl (C=O) groups excluding carboxylic acids is 2. The molecule has 2 N–H and O–H groups in total. The van der Waals surface area contributed by atoms with Gasteiger partial charge in [-0.2, -0.15) is 5.10 Å². The zero-order valence-electron chi connectivity index (χ0n) is 19.0. The number of nitrogens with zero attached hydrogens (tertiary/aromatic N) is 5. The second-order valence-electron chi connectivity index (χ2n) is 8.31. The number of amides is 2. The first-order valence-corrected chi connectivity index (χ1v) is 11.5. The Bertz CT molecular complexity index is 1290. The van der Waals surface area contributed by atoms with Crippen LogP contribution in [-0.2, 0) is 4.79 Å². The molecule has 0 aliphatic carbocycles. The minimum absolute atomic E-state index is 0.240. The van der Waals surface area contributed by atoms with E-state index in [1.54, 1.807) is 29.3 Å². The van der Waals surface area contributed by atoms with E-state index in [-0.39, 0.29) is 11.8 Å². The number of hydrazine groups is 1. The molecule has 0 radical (unpaired) electrons. The van der Waals surface area contributed by atoms with Gasteiger partial charge in [0.1, 0.15) is 5.69 Å². The smallest absolute Gasteiger partial charge is 0.273 e. The van der Waals surface area contributed by atoms with Gasteiger partial charge in [-0.1, -0.05) is 48.5 Å². The van der Waals surface area contributed by atoms with Crippen molar-refractivity contribution in [3.8, 4) is 16.9 Å². The Morgan fingerprint density at radius 3 is 2.34 bits per heavy atom. The molecule has 35 heavy (non-hydrogen) atoms. The fourth-order valence-electron chi connectivity index (χ4n) is 4.18. The minimum atomic E-state index is -0.432. The van der Waals surface area contributed by atoms with Gasteiger partial charge in [-0.05, 0) is 31.0 Å². The molecule has 9 heteroatoms. The number of aromatic nitrogens is 4. The Hall–Kier alpha value is -4.53. The molecule has 2 aromatic carbocycles. The molecule has 1 fully saturated rings. The summed E-state index contributed by atoms with van der Waals surface area (Å²) < 4.78 is 1.66. The van der Waals surface area contributed by atoms with Crippen molar-refractivity contribution in [2.75, 3.05) is 18.0 Å². The summed E-state index contributed by atoms with van der Waals surface area (Å²) in [6.07, 6.45) is 6.62. The van der Waals surface area contributed by atoms with E-state index < -0.39 is 5.91 Å². The highest BCUT2D eigenvalue weighted by Gasteiger charge is 2.28. The first-order valence-electron chi connectivity index (χ1n) is 11.5. The maximum Gasteiger partial charge on any atom is 0.273 e. The van der Waals surface area contributed by atoms with Gasteiger partial charge in [-0.3, -0.25) is 20.4 Å². The van der Waals surface area contributed by atoms with Crippen LogP contribution in [0.4, 0.5) is 5.95 Å². The predicted octanol–water partition coefficient (Wildman–Crippen LogP) is 3.01.